The molecule has 1 saturated heterocycles. The van der Waals surface area contributed by atoms with Crippen molar-refractivity contribution in [1.29, 1.82) is 0 Å². The molecule has 0 aromatic heterocycles. The largest absolute Gasteiger partial charge is 0.411 e. The fourth-order valence-electron chi connectivity index (χ4n) is 3.50. The molecule has 164 valence electrons. The lowest BCUT2D eigenvalue weighted by Gasteiger charge is -2.33. The van der Waals surface area contributed by atoms with Gasteiger partial charge in [-0.2, -0.15) is 13.2 Å². The maximum absolute atomic E-state index is 12.2. The van der Waals surface area contributed by atoms with Gasteiger partial charge in [-0.05, 0) is 43.9 Å². The van der Waals surface area contributed by atoms with Crippen LogP contribution in [0.25, 0.3) is 0 Å². The Kier molecular flexibility index (Phi) is 9.73. The minimum Gasteiger partial charge on any atom is -0.367 e. The lowest BCUT2D eigenvalue weighted by atomic mass is 10.0. The van der Waals surface area contributed by atoms with Crippen molar-refractivity contribution in [3.05, 3.63) is 35.4 Å². The molecule has 0 radical (unpaired) electrons. The van der Waals surface area contributed by atoms with E-state index in [9.17, 15) is 13.2 Å². The third-order valence-electron chi connectivity index (χ3n) is 5.06. The number of hydrogen-bond donors (Lipinski definition) is 2. The molecule has 1 fully saturated rings. The number of likely N-dealkylation sites (tertiary alicyclic amines) is 1. The van der Waals surface area contributed by atoms with E-state index in [0.29, 0.717) is 18.2 Å². The molecule has 0 amide bonds. The van der Waals surface area contributed by atoms with Gasteiger partial charge in [-0.25, -0.2) is 0 Å². The number of piperidine rings is 1. The summed E-state index contributed by atoms with van der Waals surface area (Å²) in [5.41, 5.74) is 1.68. The van der Waals surface area contributed by atoms with E-state index in [4.69, 9.17) is 4.74 Å². The maximum atomic E-state index is 12.2. The van der Waals surface area contributed by atoms with E-state index in [1.807, 2.05) is 18.2 Å². The summed E-state index contributed by atoms with van der Waals surface area (Å²) in [6.07, 6.45) is 0.667. The summed E-state index contributed by atoms with van der Waals surface area (Å²) in [6, 6.07) is 8.02. The Labute approximate surface area is 171 Å². The second kappa shape index (κ2) is 12.0. The highest BCUT2D eigenvalue weighted by Gasteiger charge is 2.27. The molecular formula is C21H33F3N4O. The zero-order valence-electron chi connectivity index (χ0n) is 17.4. The molecule has 29 heavy (non-hydrogen) atoms. The number of ether oxygens (including phenoxy) is 1. The molecule has 0 bridgehead atoms. The molecule has 0 spiro atoms. The summed E-state index contributed by atoms with van der Waals surface area (Å²) in [7, 11) is 1.73. The topological polar surface area (TPSA) is 48.9 Å². The number of aliphatic imine (C=N–C) groups is 1. The van der Waals surface area contributed by atoms with Gasteiger partial charge >= 0.3 is 6.18 Å². The number of hydrogen-bond acceptors (Lipinski definition) is 3. The normalized spacial score (nSPS) is 18.7. The minimum absolute atomic E-state index is 0.0603. The van der Waals surface area contributed by atoms with Crippen LogP contribution in [0.2, 0.25) is 0 Å². The highest BCUT2D eigenvalue weighted by Crippen LogP contribution is 2.17. The van der Waals surface area contributed by atoms with Crippen LogP contribution in [0.3, 0.4) is 0 Å². The van der Waals surface area contributed by atoms with E-state index in [0.717, 1.165) is 31.0 Å². The highest BCUT2D eigenvalue weighted by molar-refractivity contribution is 5.79. The van der Waals surface area contributed by atoms with Gasteiger partial charge in [0.2, 0.25) is 0 Å². The third kappa shape index (κ3) is 9.49. The number of benzene rings is 1. The standard InChI is InChI=1S/C21H33F3N4O/c1-17-7-3-4-11-28(17)12-6-10-26-20(25-2)27-14-18-8-5-9-19(13-18)15-29-16-21(22,23)24/h5,8-9,13,17H,3-4,6-7,10-12,14-16H2,1-2H3,(H2,25,26,27). The summed E-state index contributed by atoms with van der Waals surface area (Å²) in [4.78, 5) is 6.78. The Balaban J connectivity index is 1.68. The predicted octanol–water partition coefficient (Wildman–Crippen LogP) is 3.70. The van der Waals surface area contributed by atoms with Gasteiger partial charge in [-0.1, -0.05) is 30.7 Å². The zero-order chi connectivity index (χ0) is 21.1. The van der Waals surface area contributed by atoms with Crippen LogP contribution >= 0.6 is 0 Å². The van der Waals surface area contributed by atoms with Crippen molar-refractivity contribution in [2.75, 3.05) is 33.3 Å². The second-order valence-electron chi connectivity index (χ2n) is 7.51. The molecule has 0 aliphatic carbocycles. The fraction of sp³-hybridized carbons (Fsp3) is 0.667. The molecule has 1 heterocycles. The molecule has 1 aromatic rings. The average molecular weight is 415 g/mol. The summed E-state index contributed by atoms with van der Waals surface area (Å²) < 4.78 is 41.3. The molecule has 2 N–H and O–H groups in total. The first-order valence-electron chi connectivity index (χ1n) is 10.3. The molecule has 1 aliphatic heterocycles. The van der Waals surface area contributed by atoms with E-state index in [1.54, 1.807) is 13.1 Å². The maximum Gasteiger partial charge on any atom is 0.411 e. The van der Waals surface area contributed by atoms with Crippen molar-refractivity contribution in [2.45, 2.75) is 58.0 Å². The van der Waals surface area contributed by atoms with Gasteiger partial charge in [-0.3, -0.25) is 4.99 Å². The number of nitrogens with zero attached hydrogens (tertiary/aromatic N) is 2. The summed E-state index contributed by atoms with van der Waals surface area (Å²) in [5.74, 6) is 0.718. The summed E-state index contributed by atoms with van der Waals surface area (Å²) >= 11 is 0. The molecule has 0 saturated carbocycles. The number of guanidine groups is 1. The van der Waals surface area contributed by atoms with Gasteiger partial charge < -0.3 is 20.3 Å². The van der Waals surface area contributed by atoms with Crippen molar-refractivity contribution in [3.8, 4) is 0 Å². The van der Waals surface area contributed by atoms with Crippen LogP contribution in [0.4, 0.5) is 13.2 Å². The number of nitrogens with one attached hydrogen (secondary N) is 2. The molecule has 1 aliphatic rings. The first-order chi connectivity index (χ1) is 13.9. The Morgan fingerprint density at radius 2 is 2.03 bits per heavy atom. The van der Waals surface area contributed by atoms with E-state index < -0.39 is 12.8 Å². The van der Waals surface area contributed by atoms with Gasteiger partial charge in [0.15, 0.2) is 5.96 Å². The smallest absolute Gasteiger partial charge is 0.367 e. The summed E-state index contributed by atoms with van der Waals surface area (Å²) in [5, 5.41) is 6.57. The highest BCUT2D eigenvalue weighted by atomic mass is 19.4. The first kappa shape index (κ1) is 23.5. The molecule has 8 heteroatoms. The Morgan fingerprint density at radius 1 is 1.24 bits per heavy atom. The molecular weight excluding hydrogens is 381 g/mol. The van der Waals surface area contributed by atoms with E-state index in [2.05, 4.69) is 27.4 Å². The number of halogens is 3. The first-order valence-corrected chi connectivity index (χ1v) is 10.3. The van der Waals surface area contributed by atoms with Gasteiger partial charge in [0.25, 0.3) is 0 Å². The van der Waals surface area contributed by atoms with Crippen LogP contribution in [0.5, 0.6) is 0 Å². The Morgan fingerprint density at radius 3 is 2.76 bits per heavy atom. The number of alkyl halides is 3. The summed E-state index contributed by atoms with van der Waals surface area (Å²) in [6.45, 7) is 4.67. The van der Waals surface area contributed by atoms with Crippen molar-refractivity contribution < 1.29 is 17.9 Å². The molecule has 5 nitrogen and oxygen atoms in total. The zero-order valence-corrected chi connectivity index (χ0v) is 17.4. The minimum atomic E-state index is -4.30. The van der Waals surface area contributed by atoms with Crippen LogP contribution in [-0.2, 0) is 17.9 Å². The van der Waals surface area contributed by atoms with Crippen LogP contribution in [0.1, 0.15) is 43.7 Å². The van der Waals surface area contributed by atoms with Crippen LogP contribution in [-0.4, -0.2) is 56.4 Å². The average Bonchev–Trinajstić information content (AvgIpc) is 2.68. The lowest BCUT2D eigenvalue weighted by molar-refractivity contribution is -0.176. The van der Waals surface area contributed by atoms with Gasteiger partial charge in [0.05, 0.1) is 6.61 Å². The quantitative estimate of drug-likeness (QED) is 0.368. The number of rotatable bonds is 9. The van der Waals surface area contributed by atoms with E-state index in [1.165, 1.54) is 25.8 Å². The van der Waals surface area contributed by atoms with Crippen molar-refractivity contribution in [1.82, 2.24) is 15.5 Å². The van der Waals surface area contributed by atoms with Gasteiger partial charge in [0.1, 0.15) is 6.61 Å². The van der Waals surface area contributed by atoms with E-state index in [-0.39, 0.29) is 6.61 Å². The van der Waals surface area contributed by atoms with Crippen LogP contribution in [0.15, 0.2) is 29.3 Å². The Bertz CT molecular complexity index is 637. The third-order valence-corrected chi connectivity index (χ3v) is 5.06. The van der Waals surface area contributed by atoms with Gasteiger partial charge in [-0.15, -0.1) is 0 Å². The predicted molar refractivity (Wildman–Crippen MR) is 110 cm³/mol. The molecule has 1 aromatic carbocycles. The molecule has 1 atom stereocenters. The van der Waals surface area contributed by atoms with Crippen molar-refractivity contribution >= 4 is 5.96 Å². The van der Waals surface area contributed by atoms with Crippen molar-refractivity contribution in [3.63, 3.8) is 0 Å². The SMILES string of the molecule is CN=C(NCCCN1CCCCC1C)NCc1cccc(COCC(F)(F)F)c1. The van der Waals surface area contributed by atoms with Crippen LogP contribution in [0, 0.1) is 0 Å². The molecule has 1 unspecified atom stereocenters. The lowest BCUT2D eigenvalue weighted by Crippen LogP contribution is -2.41. The monoisotopic (exact) mass is 414 g/mol. The fourth-order valence-corrected chi connectivity index (χ4v) is 3.50. The van der Waals surface area contributed by atoms with Gasteiger partial charge in [0, 0.05) is 32.7 Å². The molecule has 2 rings (SSSR count). The van der Waals surface area contributed by atoms with Crippen LogP contribution < -0.4 is 10.6 Å². The van der Waals surface area contributed by atoms with E-state index >= 15 is 0 Å². The van der Waals surface area contributed by atoms with Crippen molar-refractivity contribution in [2.24, 2.45) is 4.99 Å². The second-order valence-corrected chi connectivity index (χ2v) is 7.51. The Hall–Kier alpha value is -1.80.